The maximum Gasteiger partial charge on any atom is 0.337 e. The van der Waals surface area contributed by atoms with Gasteiger partial charge in [-0.3, -0.25) is 4.98 Å². The number of pyridine rings is 1. The van der Waals surface area contributed by atoms with E-state index in [0.29, 0.717) is 15.4 Å². The van der Waals surface area contributed by atoms with Crippen LogP contribution in [-0.4, -0.2) is 16.1 Å². The number of hydrogen-bond donors (Lipinski definition) is 1. The standard InChI is InChI=1S/C10H6BrNO2/c11-7-5-12-8-4-2-1-3-6(8)9(7)10(13)14/h1-5H,(H,13,14). The number of aromatic nitrogens is 1. The molecule has 3 nitrogen and oxygen atoms in total. The van der Waals surface area contributed by atoms with E-state index in [1.54, 1.807) is 18.2 Å². The molecule has 0 radical (unpaired) electrons. The molecule has 2 rings (SSSR count). The summed E-state index contributed by atoms with van der Waals surface area (Å²) in [6.45, 7) is 0. The lowest BCUT2D eigenvalue weighted by molar-refractivity contribution is 0.0698. The highest BCUT2D eigenvalue weighted by atomic mass is 79.9. The summed E-state index contributed by atoms with van der Waals surface area (Å²) >= 11 is 3.17. The fraction of sp³-hybridized carbons (Fsp3) is 0. The summed E-state index contributed by atoms with van der Waals surface area (Å²) in [5, 5.41) is 9.65. The molecule has 1 N–H and O–H groups in total. The van der Waals surface area contributed by atoms with E-state index in [2.05, 4.69) is 20.9 Å². The second-order valence-electron chi connectivity index (χ2n) is 2.80. The van der Waals surface area contributed by atoms with Crippen molar-refractivity contribution in [1.82, 2.24) is 4.98 Å². The third-order valence-corrected chi connectivity index (χ3v) is 2.54. The first kappa shape index (κ1) is 9.15. The van der Waals surface area contributed by atoms with Crippen molar-refractivity contribution in [2.75, 3.05) is 0 Å². The van der Waals surface area contributed by atoms with Crippen LogP contribution in [0.1, 0.15) is 10.4 Å². The minimum atomic E-state index is -0.949. The van der Waals surface area contributed by atoms with Crippen LogP contribution in [0.2, 0.25) is 0 Å². The quantitative estimate of drug-likeness (QED) is 0.848. The SMILES string of the molecule is O=C(O)c1c(Br)cnc2ccccc12. The van der Waals surface area contributed by atoms with Crippen LogP contribution in [0.15, 0.2) is 34.9 Å². The van der Waals surface area contributed by atoms with Crippen LogP contribution >= 0.6 is 15.9 Å². The number of benzene rings is 1. The molecule has 0 fully saturated rings. The van der Waals surface area contributed by atoms with Gasteiger partial charge in [0.2, 0.25) is 0 Å². The number of fused-ring (bicyclic) bond motifs is 1. The molecule has 0 aliphatic rings. The first-order valence-corrected chi connectivity index (χ1v) is 4.76. The van der Waals surface area contributed by atoms with Crippen molar-refractivity contribution >= 4 is 32.8 Å². The highest BCUT2D eigenvalue weighted by molar-refractivity contribution is 9.10. The fourth-order valence-corrected chi connectivity index (χ4v) is 1.82. The largest absolute Gasteiger partial charge is 0.478 e. The number of aromatic carboxylic acids is 1. The zero-order valence-corrected chi connectivity index (χ0v) is 8.65. The number of carboxylic acid groups (broad SMARTS) is 1. The van der Waals surface area contributed by atoms with Gasteiger partial charge in [-0.05, 0) is 22.0 Å². The lowest BCUT2D eigenvalue weighted by Crippen LogP contribution is -1.99. The summed E-state index contributed by atoms with van der Waals surface area (Å²) in [6.07, 6.45) is 1.51. The van der Waals surface area contributed by atoms with Crippen molar-refractivity contribution < 1.29 is 9.90 Å². The molecule has 14 heavy (non-hydrogen) atoms. The Balaban J connectivity index is 2.90. The van der Waals surface area contributed by atoms with Crippen molar-refractivity contribution in [3.05, 3.63) is 40.5 Å². The first-order valence-electron chi connectivity index (χ1n) is 3.96. The zero-order valence-electron chi connectivity index (χ0n) is 7.07. The van der Waals surface area contributed by atoms with Crippen molar-refractivity contribution in [3.63, 3.8) is 0 Å². The third kappa shape index (κ3) is 1.37. The van der Waals surface area contributed by atoms with Crippen molar-refractivity contribution in [3.8, 4) is 0 Å². The number of carboxylic acids is 1. The number of carbonyl (C=O) groups is 1. The first-order chi connectivity index (χ1) is 6.70. The van der Waals surface area contributed by atoms with Crippen LogP contribution in [0.5, 0.6) is 0 Å². The van der Waals surface area contributed by atoms with Crippen molar-refractivity contribution in [2.45, 2.75) is 0 Å². The molecule has 0 saturated heterocycles. The summed E-state index contributed by atoms with van der Waals surface area (Å²) in [4.78, 5) is 15.1. The smallest absolute Gasteiger partial charge is 0.337 e. The Bertz CT molecular complexity index is 510. The lowest BCUT2D eigenvalue weighted by atomic mass is 10.1. The third-order valence-electron chi connectivity index (χ3n) is 1.94. The van der Waals surface area contributed by atoms with Crippen LogP contribution < -0.4 is 0 Å². The van der Waals surface area contributed by atoms with E-state index in [-0.39, 0.29) is 5.56 Å². The zero-order chi connectivity index (χ0) is 10.1. The highest BCUT2D eigenvalue weighted by Gasteiger charge is 2.12. The van der Waals surface area contributed by atoms with Gasteiger partial charge in [0, 0.05) is 11.6 Å². The molecule has 1 aromatic heterocycles. The molecule has 0 aliphatic heterocycles. The Morgan fingerprint density at radius 2 is 2.07 bits per heavy atom. The van der Waals surface area contributed by atoms with E-state index in [1.807, 2.05) is 6.07 Å². The minimum absolute atomic E-state index is 0.260. The molecular weight excluding hydrogens is 246 g/mol. The second kappa shape index (κ2) is 3.38. The van der Waals surface area contributed by atoms with Gasteiger partial charge in [-0.2, -0.15) is 0 Å². The molecule has 0 spiro atoms. The average Bonchev–Trinajstić information content (AvgIpc) is 2.17. The van der Waals surface area contributed by atoms with E-state index in [0.717, 1.165) is 0 Å². The maximum absolute atomic E-state index is 11.0. The number of nitrogens with zero attached hydrogens (tertiary/aromatic N) is 1. The van der Waals surface area contributed by atoms with Gasteiger partial charge in [-0.25, -0.2) is 4.79 Å². The second-order valence-corrected chi connectivity index (χ2v) is 3.66. The van der Waals surface area contributed by atoms with Gasteiger partial charge in [-0.1, -0.05) is 18.2 Å². The molecule has 1 heterocycles. The van der Waals surface area contributed by atoms with Gasteiger partial charge in [0.15, 0.2) is 0 Å². The van der Waals surface area contributed by atoms with Crippen LogP contribution in [-0.2, 0) is 0 Å². The number of para-hydroxylation sites is 1. The summed E-state index contributed by atoms with van der Waals surface area (Å²) in [5.41, 5.74) is 0.948. The maximum atomic E-state index is 11.0. The van der Waals surface area contributed by atoms with E-state index >= 15 is 0 Å². The van der Waals surface area contributed by atoms with Crippen LogP contribution in [0, 0.1) is 0 Å². The van der Waals surface area contributed by atoms with E-state index in [9.17, 15) is 4.79 Å². The highest BCUT2D eigenvalue weighted by Crippen LogP contribution is 2.24. The molecule has 70 valence electrons. The topological polar surface area (TPSA) is 50.2 Å². The van der Waals surface area contributed by atoms with Crippen LogP contribution in [0.3, 0.4) is 0 Å². The van der Waals surface area contributed by atoms with Crippen molar-refractivity contribution in [2.24, 2.45) is 0 Å². The van der Waals surface area contributed by atoms with Crippen LogP contribution in [0.25, 0.3) is 10.9 Å². The Hall–Kier alpha value is -1.42. The summed E-state index contributed by atoms with van der Waals surface area (Å²) in [6, 6.07) is 7.16. The van der Waals surface area contributed by atoms with E-state index in [4.69, 9.17) is 5.11 Å². The number of halogens is 1. The van der Waals surface area contributed by atoms with E-state index < -0.39 is 5.97 Å². The molecule has 0 amide bonds. The average molecular weight is 252 g/mol. The number of rotatable bonds is 1. The predicted octanol–water partition coefficient (Wildman–Crippen LogP) is 2.70. The van der Waals surface area contributed by atoms with Gasteiger partial charge in [0.05, 0.1) is 15.6 Å². The van der Waals surface area contributed by atoms with Gasteiger partial charge < -0.3 is 5.11 Å². The minimum Gasteiger partial charge on any atom is -0.478 e. The number of hydrogen-bond acceptors (Lipinski definition) is 2. The Labute approximate surface area is 88.5 Å². The van der Waals surface area contributed by atoms with Gasteiger partial charge >= 0.3 is 5.97 Å². The molecule has 0 saturated carbocycles. The molecular formula is C10H6BrNO2. The Morgan fingerprint density at radius 1 is 1.36 bits per heavy atom. The Morgan fingerprint density at radius 3 is 2.79 bits per heavy atom. The monoisotopic (exact) mass is 251 g/mol. The van der Waals surface area contributed by atoms with Crippen molar-refractivity contribution in [1.29, 1.82) is 0 Å². The normalized spacial score (nSPS) is 10.4. The summed E-state index contributed by atoms with van der Waals surface area (Å²) in [7, 11) is 0. The molecule has 4 heteroatoms. The molecule has 1 aromatic carbocycles. The van der Waals surface area contributed by atoms with E-state index in [1.165, 1.54) is 6.20 Å². The van der Waals surface area contributed by atoms with Gasteiger partial charge in [-0.15, -0.1) is 0 Å². The fourth-order valence-electron chi connectivity index (χ4n) is 1.33. The molecule has 0 unspecified atom stereocenters. The summed E-state index contributed by atoms with van der Waals surface area (Å²) in [5.74, 6) is -0.949. The Kier molecular flexibility index (Phi) is 2.21. The van der Waals surface area contributed by atoms with Crippen LogP contribution in [0.4, 0.5) is 0 Å². The molecule has 0 atom stereocenters. The molecule has 0 aliphatic carbocycles. The predicted molar refractivity (Wildman–Crippen MR) is 56.4 cm³/mol. The summed E-state index contributed by atoms with van der Waals surface area (Å²) < 4.78 is 0.503. The van der Waals surface area contributed by atoms with Gasteiger partial charge in [0.25, 0.3) is 0 Å². The molecule has 2 aromatic rings. The lowest BCUT2D eigenvalue weighted by Gasteiger charge is -2.03. The van der Waals surface area contributed by atoms with Gasteiger partial charge in [0.1, 0.15) is 0 Å². The molecule has 0 bridgehead atoms.